The van der Waals surface area contributed by atoms with Crippen molar-refractivity contribution < 1.29 is 28.5 Å². The summed E-state index contributed by atoms with van der Waals surface area (Å²) in [6.45, 7) is 3.88. The van der Waals surface area contributed by atoms with Crippen molar-refractivity contribution in [2.45, 2.75) is 32.3 Å². The van der Waals surface area contributed by atoms with Crippen LogP contribution in [-0.4, -0.2) is 34.4 Å². The summed E-state index contributed by atoms with van der Waals surface area (Å²) in [5.41, 5.74) is 2.54. The van der Waals surface area contributed by atoms with E-state index in [0.29, 0.717) is 35.8 Å². The molecule has 1 aliphatic heterocycles. The summed E-state index contributed by atoms with van der Waals surface area (Å²) in [5.74, 6) is 2.28. The SMILES string of the molecule is COc1cc(C2(c3cc(C)c(OC)c(OC)c3)CCC(=O)O2)cc(C)c1OC. The number of hydrogen-bond donors (Lipinski definition) is 0. The van der Waals surface area contributed by atoms with E-state index in [1.54, 1.807) is 28.4 Å². The maximum Gasteiger partial charge on any atom is 0.307 e. The second-order valence-corrected chi connectivity index (χ2v) is 6.86. The van der Waals surface area contributed by atoms with Crippen LogP contribution in [0.25, 0.3) is 0 Å². The van der Waals surface area contributed by atoms with E-state index in [2.05, 4.69) is 0 Å². The monoisotopic (exact) mass is 386 g/mol. The van der Waals surface area contributed by atoms with Gasteiger partial charge >= 0.3 is 5.97 Å². The molecule has 0 unspecified atom stereocenters. The third kappa shape index (κ3) is 3.13. The van der Waals surface area contributed by atoms with Crippen molar-refractivity contribution in [2.24, 2.45) is 0 Å². The Kier molecular flexibility index (Phi) is 5.40. The fourth-order valence-electron chi connectivity index (χ4n) is 3.92. The van der Waals surface area contributed by atoms with Crippen LogP contribution < -0.4 is 18.9 Å². The van der Waals surface area contributed by atoms with Gasteiger partial charge in [-0.3, -0.25) is 4.79 Å². The van der Waals surface area contributed by atoms with Crippen molar-refractivity contribution >= 4 is 5.97 Å². The lowest BCUT2D eigenvalue weighted by Crippen LogP contribution is -2.28. The predicted octanol–water partition coefficient (Wildman–Crippen LogP) is 3.92. The van der Waals surface area contributed by atoms with E-state index in [1.807, 2.05) is 38.1 Å². The van der Waals surface area contributed by atoms with Crippen LogP contribution in [0.4, 0.5) is 0 Å². The minimum atomic E-state index is -0.925. The molecule has 2 aromatic rings. The molecule has 1 aliphatic rings. The third-order valence-corrected chi connectivity index (χ3v) is 5.23. The standard InChI is InChI=1S/C22H26O6/c1-13-9-15(11-17(24-3)20(13)26-5)22(8-7-19(23)28-22)16-10-14(2)21(27-6)18(12-16)25-4/h9-12H,7-8H2,1-6H3. The second kappa shape index (κ2) is 7.62. The zero-order valence-electron chi connectivity index (χ0n) is 17.2. The summed E-state index contributed by atoms with van der Waals surface area (Å²) in [6.07, 6.45) is 0.858. The predicted molar refractivity (Wildman–Crippen MR) is 105 cm³/mol. The molecule has 0 bridgehead atoms. The fourth-order valence-corrected chi connectivity index (χ4v) is 3.92. The lowest BCUT2D eigenvalue weighted by molar-refractivity contribution is -0.146. The lowest BCUT2D eigenvalue weighted by atomic mass is 9.82. The molecule has 0 atom stereocenters. The van der Waals surface area contributed by atoms with E-state index in [0.717, 1.165) is 22.3 Å². The molecule has 0 saturated carbocycles. The molecule has 1 heterocycles. The van der Waals surface area contributed by atoms with Gasteiger partial charge in [0.25, 0.3) is 0 Å². The summed E-state index contributed by atoms with van der Waals surface area (Å²) >= 11 is 0. The molecule has 0 aliphatic carbocycles. The van der Waals surface area contributed by atoms with Crippen molar-refractivity contribution in [2.75, 3.05) is 28.4 Å². The van der Waals surface area contributed by atoms with E-state index in [1.165, 1.54) is 0 Å². The van der Waals surface area contributed by atoms with Gasteiger partial charge in [-0.25, -0.2) is 0 Å². The molecule has 0 radical (unpaired) electrons. The Morgan fingerprint density at radius 1 is 0.786 bits per heavy atom. The topological polar surface area (TPSA) is 63.2 Å². The highest BCUT2D eigenvalue weighted by atomic mass is 16.6. The number of benzene rings is 2. The summed E-state index contributed by atoms with van der Waals surface area (Å²) < 4.78 is 27.9. The molecular weight excluding hydrogens is 360 g/mol. The first-order valence-corrected chi connectivity index (χ1v) is 9.08. The summed E-state index contributed by atoms with van der Waals surface area (Å²) in [7, 11) is 6.39. The van der Waals surface area contributed by atoms with Crippen molar-refractivity contribution in [1.82, 2.24) is 0 Å². The Labute approximate surface area is 165 Å². The average Bonchev–Trinajstić information content (AvgIpc) is 3.09. The maximum atomic E-state index is 12.2. The molecule has 2 aromatic carbocycles. The van der Waals surface area contributed by atoms with Crippen LogP contribution in [0.15, 0.2) is 24.3 Å². The highest BCUT2D eigenvalue weighted by molar-refractivity contribution is 5.74. The minimum absolute atomic E-state index is 0.236. The van der Waals surface area contributed by atoms with Crippen LogP contribution in [0.1, 0.15) is 35.1 Å². The van der Waals surface area contributed by atoms with Gasteiger partial charge in [-0.1, -0.05) is 0 Å². The normalized spacial score (nSPS) is 15.1. The Bertz CT molecular complexity index is 841. The van der Waals surface area contributed by atoms with E-state index in [-0.39, 0.29) is 5.97 Å². The van der Waals surface area contributed by atoms with E-state index in [4.69, 9.17) is 23.7 Å². The molecule has 6 heteroatoms. The molecule has 0 N–H and O–H groups in total. The maximum absolute atomic E-state index is 12.2. The summed E-state index contributed by atoms with van der Waals surface area (Å²) in [4.78, 5) is 12.2. The Morgan fingerprint density at radius 3 is 1.57 bits per heavy atom. The molecule has 3 rings (SSSR count). The molecule has 1 fully saturated rings. The number of methoxy groups -OCH3 is 4. The van der Waals surface area contributed by atoms with Crippen molar-refractivity contribution in [3.8, 4) is 23.0 Å². The number of aryl methyl sites for hydroxylation is 2. The van der Waals surface area contributed by atoms with Gasteiger partial charge in [-0.15, -0.1) is 0 Å². The number of rotatable bonds is 6. The molecule has 6 nitrogen and oxygen atoms in total. The van der Waals surface area contributed by atoms with Crippen molar-refractivity contribution in [3.05, 3.63) is 46.5 Å². The first-order chi connectivity index (χ1) is 13.4. The molecule has 1 saturated heterocycles. The fraction of sp³-hybridized carbons (Fsp3) is 0.409. The molecule has 150 valence electrons. The lowest BCUT2D eigenvalue weighted by Gasteiger charge is -2.31. The second-order valence-electron chi connectivity index (χ2n) is 6.86. The molecule has 0 amide bonds. The number of esters is 1. The van der Waals surface area contributed by atoms with Crippen LogP contribution in [-0.2, 0) is 15.1 Å². The van der Waals surface area contributed by atoms with Crippen molar-refractivity contribution in [1.29, 1.82) is 0 Å². The molecule has 28 heavy (non-hydrogen) atoms. The van der Waals surface area contributed by atoms with E-state index < -0.39 is 5.60 Å². The Morgan fingerprint density at radius 2 is 1.25 bits per heavy atom. The zero-order valence-corrected chi connectivity index (χ0v) is 17.2. The largest absolute Gasteiger partial charge is 0.493 e. The summed E-state index contributed by atoms with van der Waals surface area (Å²) in [5, 5.41) is 0. The van der Waals surface area contributed by atoms with Crippen LogP contribution in [0.2, 0.25) is 0 Å². The highest BCUT2D eigenvalue weighted by Crippen LogP contribution is 2.48. The van der Waals surface area contributed by atoms with Crippen LogP contribution in [0.3, 0.4) is 0 Å². The summed E-state index contributed by atoms with van der Waals surface area (Å²) in [6, 6.07) is 7.70. The zero-order chi connectivity index (χ0) is 20.5. The number of cyclic esters (lactones) is 1. The number of hydrogen-bond acceptors (Lipinski definition) is 6. The van der Waals surface area contributed by atoms with Gasteiger partial charge in [0.15, 0.2) is 28.6 Å². The van der Waals surface area contributed by atoms with Gasteiger partial charge in [0.2, 0.25) is 0 Å². The van der Waals surface area contributed by atoms with E-state index >= 15 is 0 Å². The quantitative estimate of drug-likeness (QED) is 0.701. The minimum Gasteiger partial charge on any atom is -0.493 e. The highest BCUT2D eigenvalue weighted by Gasteiger charge is 2.45. The van der Waals surface area contributed by atoms with Gasteiger partial charge in [-0.05, 0) is 49.2 Å². The molecular formula is C22H26O6. The van der Waals surface area contributed by atoms with E-state index in [9.17, 15) is 4.79 Å². The average molecular weight is 386 g/mol. The Balaban J connectivity index is 2.26. The number of carbonyl (C=O) groups excluding carboxylic acids is 1. The van der Waals surface area contributed by atoms with Gasteiger partial charge in [0, 0.05) is 17.5 Å². The van der Waals surface area contributed by atoms with Crippen LogP contribution in [0.5, 0.6) is 23.0 Å². The first-order valence-electron chi connectivity index (χ1n) is 9.08. The van der Waals surface area contributed by atoms with Gasteiger partial charge in [0.1, 0.15) is 0 Å². The van der Waals surface area contributed by atoms with Crippen molar-refractivity contribution in [3.63, 3.8) is 0 Å². The molecule has 0 aromatic heterocycles. The molecule has 0 spiro atoms. The van der Waals surface area contributed by atoms with Gasteiger partial charge < -0.3 is 23.7 Å². The smallest absolute Gasteiger partial charge is 0.307 e. The number of carbonyl (C=O) groups is 1. The van der Waals surface area contributed by atoms with Gasteiger partial charge in [0.05, 0.1) is 34.9 Å². The van der Waals surface area contributed by atoms with Crippen LogP contribution in [0, 0.1) is 13.8 Å². The first kappa shape index (κ1) is 19.9. The number of ether oxygens (including phenoxy) is 5. The van der Waals surface area contributed by atoms with Gasteiger partial charge in [-0.2, -0.15) is 0 Å². The third-order valence-electron chi connectivity index (χ3n) is 5.23. The Hall–Kier alpha value is -2.89. The van der Waals surface area contributed by atoms with Crippen LogP contribution >= 0.6 is 0 Å².